The molecule has 5 rings (SSSR count). The lowest BCUT2D eigenvalue weighted by atomic mass is 9.49. The summed E-state index contributed by atoms with van der Waals surface area (Å²) in [5.74, 6) is 3.35. The molecule has 4 bridgehead atoms. The van der Waals surface area contributed by atoms with Crippen molar-refractivity contribution >= 4 is 23.8 Å². The standard InChI is InChI=1S/C24H32N4/c1-3-5-21-11-22(7-6-20(21)4-2)28-23(27-16-25)26-15-24-12-17-8-18(13-24)10-19(9-17)14-24/h4-7,11,17-19H,3,8-10,12-15H2,1-2H3,(H2,26,27,28)/b20-4+,21-5-. The van der Waals surface area contributed by atoms with Crippen molar-refractivity contribution in [3.05, 3.63) is 28.6 Å². The maximum absolute atomic E-state index is 9.20. The normalized spacial score (nSPS) is 32.5. The van der Waals surface area contributed by atoms with Crippen molar-refractivity contribution in [2.75, 3.05) is 11.9 Å². The molecule has 0 spiro atoms. The van der Waals surface area contributed by atoms with Gasteiger partial charge < -0.3 is 5.32 Å². The van der Waals surface area contributed by atoms with Crippen LogP contribution in [0.15, 0.2) is 23.2 Å². The Labute approximate surface area is 168 Å². The van der Waals surface area contributed by atoms with Gasteiger partial charge in [0, 0.05) is 12.2 Å². The van der Waals surface area contributed by atoms with Gasteiger partial charge in [-0.05, 0) is 97.6 Å². The van der Waals surface area contributed by atoms with Crippen LogP contribution in [0.4, 0.5) is 5.69 Å². The third kappa shape index (κ3) is 3.94. The van der Waals surface area contributed by atoms with E-state index in [1.165, 1.54) is 49.0 Å². The van der Waals surface area contributed by atoms with Crippen molar-refractivity contribution in [1.82, 2.24) is 5.32 Å². The number of nitriles is 1. The molecule has 0 radical (unpaired) electrons. The fourth-order valence-electron chi connectivity index (χ4n) is 6.34. The number of hydrogen-bond acceptors (Lipinski definition) is 2. The van der Waals surface area contributed by atoms with Crippen LogP contribution in [-0.4, -0.2) is 12.5 Å². The highest BCUT2D eigenvalue weighted by atomic mass is 15.2. The van der Waals surface area contributed by atoms with Gasteiger partial charge in [-0.15, -0.1) is 0 Å². The summed E-state index contributed by atoms with van der Waals surface area (Å²) in [6.45, 7) is 5.04. The Morgan fingerprint density at radius 3 is 2.43 bits per heavy atom. The van der Waals surface area contributed by atoms with Crippen LogP contribution in [0.5, 0.6) is 0 Å². The van der Waals surface area contributed by atoms with Crippen molar-refractivity contribution in [2.24, 2.45) is 28.2 Å². The molecule has 1 aromatic carbocycles. The van der Waals surface area contributed by atoms with Crippen molar-refractivity contribution in [3.8, 4) is 6.19 Å². The van der Waals surface area contributed by atoms with Gasteiger partial charge in [0.15, 0.2) is 6.19 Å². The molecule has 4 fully saturated rings. The Kier molecular flexibility index (Phi) is 5.44. The number of aliphatic imine (C=N–C) groups is 1. The first-order valence-electron chi connectivity index (χ1n) is 10.9. The van der Waals surface area contributed by atoms with Crippen LogP contribution in [-0.2, 0) is 0 Å². The average molecular weight is 377 g/mol. The largest absolute Gasteiger partial charge is 0.326 e. The Morgan fingerprint density at radius 2 is 1.86 bits per heavy atom. The Hall–Kier alpha value is -2.28. The highest BCUT2D eigenvalue weighted by Crippen LogP contribution is 2.60. The van der Waals surface area contributed by atoms with Gasteiger partial charge in [-0.2, -0.15) is 5.26 Å². The van der Waals surface area contributed by atoms with Gasteiger partial charge in [-0.3, -0.25) is 10.3 Å². The fourth-order valence-corrected chi connectivity index (χ4v) is 6.34. The van der Waals surface area contributed by atoms with Gasteiger partial charge in [-0.25, -0.2) is 0 Å². The number of benzene rings is 1. The van der Waals surface area contributed by atoms with Crippen LogP contribution in [0.2, 0.25) is 0 Å². The summed E-state index contributed by atoms with van der Waals surface area (Å²) in [5.41, 5.74) is 1.35. The van der Waals surface area contributed by atoms with E-state index in [-0.39, 0.29) is 0 Å². The molecule has 0 heterocycles. The smallest absolute Gasteiger partial charge is 0.209 e. The van der Waals surface area contributed by atoms with E-state index in [1.54, 1.807) is 0 Å². The second-order valence-electron chi connectivity index (χ2n) is 9.19. The summed E-state index contributed by atoms with van der Waals surface area (Å²) in [5, 5.41) is 17.8. The average Bonchev–Trinajstić information content (AvgIpc) is 2.66. The molecule has 1 aromatic rings. The molecule has 0 aliphatic heterocycles. The third-order valence-electron chi connectivity index (χ3n) is 7.00. The van der Waals surface area contributed by atoms with Crippen LogP contribution in [0, 0.1) is 34.6 Å². The summed E-state index contributed by atoms with van der Waals surface area (Å²) in [4.78, 5) is 4.87. The maximum atomic E-state index is 9.20. The van der Waals surface area contributed by atoms with E-state index in [0.717, 1.165) is 36.4 Å². The minimum atomic E-state index is 0.376. The molecular formula is C24H32N4. The minimum absolute atomic E-state index is 0.376. The van der Waals surface area contributed by atoms with Crippen LogP contribution in [0.3, 0.4) is 0 Å². The Morgan fingerprint density at radius 1 is 1.18 bits per heavy atom. The number of guanidine groups is 1. The third-order valence-corrected chi connectivity index (χ3v) is 7.00. The van der Waals surface area contributed by atoms with E-state index < -0.39 is 0 Å². The number of anilines is 1. The van der Waals surface area contributed by atoms with E-state index in [2.05, 4.69) is 61.0 Å². The first kappa shape index (κ1) is 19.1. The Bertz CT molecular complexity index is 870. The molecule has 4 heteroatoms. The van der Waals surface area contributed by atoms with Crippen molar-refractivity contribution in [3.63, 3.8) is 0 Å². The number of hydrogen-bond donors (Lipinski definition) is 2. The lowest BCUT2D eigenvalue weighted by Gasteiger charge is -2.56. The summed E-state index contributed by atoms with van der Waals surface area (Å²) in [7, 11) is 0. The molecule has 28 heavy (non-hydrogen) atoms. The van der Waals surface area contributed by atoms with E-state index in [1.807, 2.05) is 0 Å². The molecule has 0 amide bonds. The van der Waals surface area contributed by atoms with Crippen molar-refractivity contribution in [1.29, 1.82) is 5.26 Å². The lowest BCUT2D eigenvalue weighted by molar-refractivity contribution is -0.0465. The fraction of sp³-hybridized carbons (Fsp3) is 0.583. The SMILES string of the molecule is C/C=c1\ccc(NC(=NCC23CC4CC(CC(C4)C2)C3)NC#N)c\c1=C\CC. The quantitative estimate of drug-likeness (QED) is 0.364. The van der Waals surface area contributed by atoms with Crippen LogP contribution in [0.25, 0.3) is 12.2 Å². The predicted molar refractivity (Wildman–Crippen MR) is 116 cm³/mol. The zero-order valence-electron chi connectivity index (χ0n) is 17.2. The molecule has 0 atom stereocenters. The van der Waals surface area contributed by atoms with E-state index >= 15 is 0 Å². The summed E-state index contributed by atoms with van der Waals surface area (Å²) in [6.07, 6.45) is 15.7. The van der Waals surface area contributed by atoms with Crippen LogP contribution < -0.4 is 21.1 Å². The summed E-state index contributed by atoms with van der Waals surface area (Å²) < 4.78 is 0. The molecular weight excluding hydrogens is 344 g/mol. The molecule has 0 aromatic heterocycles. The molecule has 2 N–H and O–H groups in total. The molecule has 4 aliphatic carbocycles. The number of nitrogens with zero attached hydrogens (tertiary/aromatic N) is 2. The van der Waals surface area contributed by atoms with Gasteiger partial charge in [0.25, 0.3) is 0 Å². The van der Waals surface area contributed by atoms with Gasteiger partial charge in [0.05, 0.1) is 0 Å². The highest BCUT2D eigenvalue weighted by molar-refractivity contribution is 5.94. The van der Waals surface area contributed by atoms with Gasteiger partial charge >= 0.3 is 0 Å². The predicted octanol–water partition coefficient (Wildman–Crippen LogP) is 3.73. The second-order valence-corrected chi connectivity index (χ2v) is 9.19. The summed E-state index contributed by atoms with van der Waals surface area (Å²) >= 11 is 0. The summed E-state index contributed by atoms with van der Waals surface area (Å²) in [6, 6.07) is 6.31. The van der Waals surface area contributed by atoms with E-state index in [0.29, 0.717) is 11.4 Å². The Balaban J connectivity index is 1.53. The van der Waals surface area contributed by atoms with Crippen LogP contribution >= 0.6 is 0 Å². The minimum Gasteiger partial charge on any atom is -0.326 e. The van der Waals surface area contributed by atoms with Crippen LogP contribution in [0.1, 0.15) is 58.8 Å². The molecule has 4 aliphatic rings. The lowest BCUT2D eigenvalue weighted by Crippen LogP contribution is -2.47. The topological polar surface area (TPSA) is 60.2 Å². The first-order valence-corrected chi connectivity index (χ1v) is 10.9. The van der Waals surface area contributed by atoms with Gasteiger partial charge in [-0.1, -0.05) is 25.1 Å². The van der Waals surface area contributed by atoms with Gasteiger partial charge in [0.2, 0.25) is 5.96 Å². The maximum Gasteiger partial charge on any atom is 0.209 e. The molecule has 0 saturated heterocycles. The van der Waals surface area contributed by atoms with Crippen molar-refractivity contribution in [2.45, 2.75) is 58.8 Å². The zero-order valence-corrected chi connectivity index (χ0v) is 17.2. The number of nitrogens with one attached hydrogen (secondary N) is 2. The molecule has 4 nitrogen and oxygen atoms in total. The molecule has 4 saturated carbocycles. The molecule has 148 valence electrons. The zero-order chi connectivity index (χ0) is 19.6. The highest BCUT2D eigenvalue weighted by Gasteiger charge is 2.50. The first-order chi connectivity index (χ1) is 13.6. The molecule has 0 unspecified atom stereocenters. The van der Waals surface area contributed by atoms with Crippen molar-refractivity contribution < 1.29 is 0 Å². The van der Waals surface area contributed by atoms with E-state index in [9.17, 15) is 5.26 Å². The van der Waals surface area contributed by atoms with Gasteiger partial charge in [0.1, 0.15) is 0 Å². The second kappa shape index (κ2) is 7.99. The monoisotopic (exact) mass is 376 g/mol. The van der Waals surface area contributed by atoms with E-state index in [4.69, 9.17) is 4.99 Å². The number of rotatable bonds is 4.